The standard InChI is InChI=1S/C18H33N3/c1-14-13-15(2)21(20-14)12-8-11-19-17-10-7-6-9-16(17)18(3,4)5/h13,16-17,19H,6-12H2,1-5H3. The highest BCUT2D eigenvalue weighted by Crippen LogP contribution is 2.37. The van der Waals surface area contributed by atoms with E-state index in [4.69, 9.17) is 0 Å². The Bertz CT molecular complexity index is 442. The molecular weight excluding hydrogens is 258 g/mol. The lowest BCUT2D eigenvalue weighted by Gasteiger charge is -2.41. The van der Waals surface area contributed by atoms with Crippen LogP contribution in [0.1, 0.15) is 64.3 Å². The fourth-order valence-electron chi connectivity index (χ4n) is 3.83. The van der Waals surface area contributed by atoms with Crippen molar-refractivity contribution < 1.29 is 0 Å². The van der Waals surface area contributed by atoms with Crippen molar-refractivity contribution in [2.75, 3.05) is 6.54 Å². The molecule has 0 bridgehead atoms. The first-order valence-electron chi connectivity index (χ1n) is 8.62. The fourth-order valence-corrected chi connectivity index (χ4v) is 3.83. The molecule has 120 valence electrons. The van der Waals surface area contributed by atoms with Crippen LogP contribution in [-0.4, -0.2) is 22.4 Å². The first-order chi connectivity index (χ1) is 9.88. The second-order valence-corrected chi connectivity index (χ2v) is 7.82. The third-order valence-corrected chi connectivity index (χ3v) is 4.93. The summed E-state index contributed by atoms with van der Waals surface area (Å²) >= 11 is 0. The fraction of sp³-hybridized carbons (Fsp3) is 0.833. The summed E-state index contributed by atoms with van der Waals surface area (Å²) in [5.41, 5.74) is 2.83. The largest absolute Gasteiger partial charge is 0.314 e. The second kappa shape index (κ2) is 6.95. The van der Waals surface area contributed by atoms with E-state index in [9.17, 15) is 0 Å². The molecule has 0 amide bonds. The Kier molecular flexibility index (Phi) is 5.48. The smallest absolute Gasteiger partial charge is 0.0596 e. The summed E-state index contributed by atoms with van der Waals surface area (Å²) in [5, 5.41) is 8.37. The molecule has 1 fully saturated rings. The maximum atomic E-state index is 4.54. The zero-order valence-corrected chi connectivity index (χ0v) is 14.6. The minimum atomic E-state index is 0.424. The van der Waals surface area contributed by atoms with Crippen molar-refractivity contribution in [3.05, 3.63) is 17.5 Å². The van der Waals surface area contributed by atoms with E-state index in [2.05, 4.69) is 55.8 Å². The number of nitrogens with zero attached hydrogens (tertiary/aromatic N) is 2. The Morgan fingerprint density at radius 1 is 1.24 bits per heavy atom. The number of hydrogen-bond donors (Lipinski definition) is 1. The summed E-state index contributed by atoms with van der Waals surface area (Å²) in [4.78, 5) is 0. The summed E-state index contributed by atoms with van der Waals surface area (Å²) in [5.74, 6) is 0.819. The van der Waals surface area contributed by atoms with Gasteiger partial charge in [0.1, 0.15) is 0 Å². The first-order valence-corrected chi connectivity index (χ1v) is 8.62. The van der Waals surface area contributed by atoms with Crippen LogP contribution in [0.5, 0.6) is 0 Å². The van der Waals surface area contributed by atoms with Crippen LogP contribution in [0, 0.1) is 25.2 Å². The van der Waals surface area contributed by atoms with Gasteiger partial charge >= 0.3 is 0 Å². The molecule has 0 aromatic carbocycles. The topological polar surface area (TPSA) is 29.9 Å². The van der Waals surface area contributed by atoms with Crippen molar-refractivity contribution in [2.45, 2.75) is 79.3 Å². The molecule has 0 aliphatic heterocycles. The van der Waals surface area contributed by atoms with E-state index >= 15 is 0 Å². The van der Waals surface area contributed by atoms with Gasteiger partial charge in [-0.05, 0) is 57.1 Å². The minimum absolute atomic E-state index is 0.424. The van der Waals surface area contributed by atoms with Gasteiger partial charge in [0.05, 0.1) is 5.69 Å². The Hall–Kier alpha value is -0.830. The quantitative estimate of drug-likeness (QED) is 0.828. The lowest BCUT2D eigenvalue weighted by Crippen LogP contribution is -2.44. The molecule has 3 nitrogen and oxygen atoms in total. The van der Waals surface area contributed by atoms with Crippen LogP contribution >= 0.6 is 0 Å². The zero-order valence-electron chi connectivity index (χ0n) is 14.6. The minimum Gasteiger partial charge on any atom is -0.314 e. The predicted octanol–water partition coefficient (Wildman–Crippen LogP) is 4.08. The van der Waals surface area contributed by atoms with Gasteiger partial charge in [-0.3, -0.25) is 4.68 Å². The molecule has 1 aliphatic carbocycles. The van der Waals surface area contributed by atoms with Crippen molar-refractivity contribution in [3.8, 4) is 0 Å². The van der Waals surface area contributed by atoms with Gasteiger partial charge in [-0.15, -0.1) is 0 Å². The van der Waals surface area contributed by atoms with E-state index in [1.165, 1.54) is 31.4 Å². The summed E-state index contributed by atoms with van der Waals surface area (Å²) in [7, 11) is 0. The van der Waals surface area contributed by atoms with Crippen LogP contribution in [0.25, 0.3) is 0 Å². The highest BCUT2D eigenvalue weighted by Gasteiger charge is 2.33. The van der Waals surface area contributed by atoms with E-state index in [-0.39, 0.29) is 0 Å². The normalized spacial score (nSPS) is 23.5. The molecule has 1 aliphatic rings. The monoisotopic (exact) mass is 291 g/mol. The van der Waals surface area contributed by atoms with Crippen molar-refractivity contribution in [1.82, 2.24) is 15.1 Å². The van der Waals surface area contributed by atoms with Crippen LogP contribution in [0.2, 0.25) is 0 Å². The van der Waals surface area contributed by atoms with Crippen LogP contribution in [-0.2, 0) is 6.54 Å². The van der Waals surface area contributed by atoms with Crippen LogP contribution in [0.4, 0.5) is 0 Å². The number of nitrogens with one attached hydrogen (secondary N) is 1. The molecule has 1 N–H and O–H groups in total. The molecule has 21 heavy (non-hydrogen) atoms. The second-order valence-electron chi connectivity index (χ2n) is 7.82. The van der Waals surface area contributed by atoms with Crippen molar-refractivity contribution in [1.29, 1.82) is 0 Å². The average molecular weight is 291 g/mol. The molecule has 1 heterocycles. The molecule has 1 saturated carbocycles. The van der Waals surface area contributed by atoms with E-state index in [1.807, 2.05) is 0 Å². The highest BCUT2D eigenvalue weighted by molar-refractivity contribution is 5.06. The third kappa shape index (κ3) is 4.57. The Morgan fingerprint density at radius 3 is 2.57 bits per heavy atom. The number of aryl methyl sites for hydroxylation is 3. The Morgan fingerprint density at radius 2 is 1.95 bits per heavy atom. The van der Waals surface area contributed by atoms with E-state index in [0.29, 0.717) is 11.5 Å². The van der Waals surface area contributed by atoms with Crippen molar-refractivity contribution >= 4 is 0 Å². The Labute approximate surface area is 130 Å². The summed E-state index contributed by atoms with van der Waals surface area (Å²) in [6.07, 6.45) is 6.70. The van der Waals surface area contributed by atoms with Crippen molar-refractivity contribution in [2.24, 2.45) is 11.3 Å². The molecule has 0 radical (unpaired) electrons. The molecule has 2 atom stereocenters. The average Bonchev–Trinajstić information content (AvgIpc) is 2.72. The highest BCUT2D eigenvalue weighted by atomic mass is 15.3. The molecule has 1 aromatic heterocycles. The molecule has 2 rings (SSSR count). The Balaban J connectivity index is 1.78. The van der Waals surface area contributed by atoms with Crippen LogP contribution in [0.3, 0.4) is 0 Å². The first kappa shape index (κ1) is 16.5. The van der Waals surface area contributed by atoms with Gasteiger partial charge in [-0.2, -0.15) is 5.10 Å². The molecule has 3 heteroatoms. The molecule has 2 unspecified atom stereocenters. The summed E-state index contributed by atoms with van der Waals surface area (Å²) in [6.45, 7) is 13.5. The summed E-state index contributed by atoms with van der Waals surface area (Å²) in [6, 6.07) is 2.86. The maximum Gasteiger partial charge on any atom is 0.0596 e. The maximum absolute atomic E-state index is 4.54. The van der Waals surface area contributed by atoms with Gasteiger partial charge in [0.25, 0.3) is 0 Å². The van der Waals surface area contributed by atoms with Gasteiger partial charge < -0.3 is 5.32 Å². The number of aromatic nitrogens is 2. The van der Waals surface area contributed by atoms with Crippen LogP contribution in [0.15, 0.2) is 6.07 Å². The van der Waals surface area contributed by atoms with Gasteiger partial charge in [0.15, 0.2) is 0 Å². The molecular formula is C18H33N3. The van der Waals surface area contributed by atoms with Gasteiger partial charge in [-0.1, -0.05) is 33.6 Å². The molecule has 0 saturated heterocycles. The molecule has 0 spiro atoms. The molecule has 1 aromatic rings. The van der Waals surface area contributed by atoms with Crippen molar-refractivity contribution in [3.63, 3.8) is 0 Å². The lowest BCUT2D eigenvalue weighted by atomic mass is 9.69. The number of rotatable bonds is 5. The van der Waals surface area contributed by atoms with Gasteiger partial charge in [0.2, 0.25) is 0 Å². The van der Waals surface area contributed by atoms with Gasteiger partial charge in [-0.25, -0.2) is 0 Å². The van der Waals surface area contributed by atoms with E-state index < -0.39 is 0 Å². The van der Waals surface area contributed by atoms with E-state index in [1.54, 1.807) is 0 Å². The van der Waals surface area contributed by atoms with Crippen LogP contribution < -0.4 is 5.32 Å². The predicted molar refractivity (Wildman–Crippen MR) is 89.5 cm³/mol. The SMILES string of the molecule is Cc1cc(C)n(CCCNC2CCCCC2C(C)(C)C)n1. The van der Waals surface area contributed by atoms with Gasteiger partial charge in [0, 0.05) is 18.3 Å². The third-order valence-electron chi connectivity index (χ3n) is 4.93. The lowest BCUT2D eigenvalue weighted by molar-refractivity contribution is 0.131. The number of hydrogen-bond acceptors (Lipinski definition) is 2. The van der Waals surface area contributed by atoms with E-state index in [0.717, 1.165) is 31.1 Å². The zero-order chi connectivity index (χ0) is 15.5. The summed E-state index contributed by atoms with van der Waals surface area (Å²) < 4.78 is 2.14.